The highest BCUT2D eigenvalue weighted by Crippen LogP contribution is 2.34. The Morgan fingerprint density at radius 3 is 2.03 bits per heavy atom. The van der Waals surface area contributed by atoms with E-state index in [2.05, 4.69) is 116 Å². The van der Waals surface area contributed by atoms with E-state index in [9.17, 15) is 0 Å². The summed E-state index contributed by atoms with van der Waals surface area (Å²) in [6.45, 7) is 5.34. The van der Waals surface area contributed by atoms with Crippen molar-refractivity contribution in [1.29, 1.82) is 0 Å². The first kappa shape index (κ1) is 18.2. The van der Waals surface area contributed by atoms with Crippen LogP contribution in [0.2, 0.25) is 13.1 Å². The molecule has 150 valence electrons. The number of rotatable bonds is 1. The molecule has 0 nitrogen and oxygen atoms in total. The van der Waals surface area contributed by atoms with Crippen LogP contribution >= 0.6 is 0 Å². The smallest absolute Gasteiger partial charge is 0.0689 e. The van der Waals surface area contributed by atoms with Crippen LogP contribution in [0.25, 0.3) is 32.3 Å². The zero-order valence-electron chi connectivity index (χ0n) is 18.4. The summed E-state index contributed by atoms with van der Waals surface area (Å²) in [5.41, 5.74) is 4.33. The van der Waals surface area contributed by atoms with Crippen LogP contribution < -0.4 is 26.8 Å². The summed E-state index contributed by atoms with van der Waals surface area (Å²) >= 11 is 0. The number of fused-ring (bicyclic) bond motifs is 1. The van der Waals surface area contributed by atoms with Crippen LogP contribution in [-0.4, -0.2) is 14.8 Å². The predicted octanol–water partition coefficient (Wildman–Crippen LogP) is 4.24. The molecule has 0 saturated heterocycles. The molecule has 0 aliphatic carbocycles. The average molecular weight is 422 g/mol. The maximum atomic E-state index is 2.54. The topological polar surface area (TPSA) is 0 Å². The lowest BCUT2D eigenvalue weighted by atomic mass is 9.36. The summed E-state index contributed by atoms with van der Waals surface area (Å²) < 4.78 is 0. The van der Waals surface area contributed by atoms with E-state index in [0.717, 1.165) is 0 Å². The normalized spacial score (nSPS) is 14.8. The van der Waals surface area contributed by atoms with Gasteiger partial charge in [-0.3, -0.25) is 0 Å². The summed E-state index contributed by atoms with van der Waals surface area (Å²) in [6, 6.07) is 39.0. The second-order valence-corrected chi connectivity index (χ2v) is 14.1. The first-order valence-electron chi connectivity index (χ1n) is 11.5. The Hall–Kier alpha value is -3.36. The minimum absolute atomic E-state index is 0.255. The molecule has 1 aliphatic rings. The van der Waals surface area contributed by atoms with Crippen molar-refractivity contribution in [3.8, 4) is 0 Å². The van der Waals surface area contributed by atoms with Crippen molar-refractivity contribution in [3.63, 3.8) is 0 Å². The highest BCUT2D eigenvalue weighted by atomic mass is 28.3. The van der Waals surface area contributed by atoms with Gasteiger partial charge in [0.15, 0.2) is 0 Å². The maximum Gasteiger partial charge on any atom is 0.241 e. The molecule has 0 spiro atoms. The first-order chi connectivity index (χ1) is 15.6. The standard InChI is InChI=1S/C30H23BSi/c1-32(2)26-14-7-6-13-24(26)31(23-11-4-3-5-12-23)25-18-17-21-16-15-20-9-8-10-22-19-27(32)30(25)29(21)28(20)22/h3-19H,1-2H3. The van der Waals surface area contributed by atoms with Crippen molar-refractivity contribution in [3.05, 3.63) is 103 Å². The summed E-state index contributed by atoms with van der Waals surface area (Å²) in [4.78, 5) is 0. The molecule has 0 atom stereocenters. The van der Waals surface area contributed by atoms with Crippen molar-refractivity contribution < 1.29 is 0 Å². The Kier molecular flexibility index (Phi) is 3.61. The second kappa shape index (κ2) is 6.34. The lowest BCUT2D eigenvalue weighted by Crippen LogP contribution is -2.62. The Morgan fingerprint density at radius 1 is 0.500 bits per heavy atom. The summed E-state index contributed by atoms with van der Waals surface area (Å²) in [6.07, 6.45) is 0. The molecule has 0 N–H and O–H groups in total. The molecule has 0 unspecified atom stereocenters. The predicted molar refractivity (Wildman–Crippen MR) is 144 cm³/mol. The Balaban J connectivity index is 1.76. The van der Waals surface area contributed by atoms with E-state index >= 15 is 0 Å². The molecule has 0 aromatic heterocycles. The van der Waals surface area contributed by atoms with Gasteiger partial charge in [-0.15, -0.1) is 0 Å². The molecule has 6 aromatic carbocycles. The van der Waals surface area contributed by atoms with E-state index in [4.69, 9.17) is 0 Å². The zero-order chi connectivity index (χ0) is 21.4. The molecule has 0 amide bonds. The fourth-order valence-electron chi connectivity index (χ4n) is 6.25. The SMILES string of the molecule is C[Si]1(C)c2ccccc2B(c2ccccc2)c2ccc3ccc4cccc5cc1c2c3c45. The van der Waals surface area contributed by atoms with Crippen LogP contribution in [0, 0.1) is 0 Å². The van der Waals surface area contributed by atoms with Crippen molar-refractivity contribution in [1.82, 2.24) is 0 Å². The quantitative estimate of drug-likeness (QED) is 0.275. The van der Waals surface area contributed by atoms with E-state index in [1.807, 2.05) is 0 Å². The van der Waals surface area contributed by atoms with Gasteiger partial charge >= 0.3 is 0 Å². The van der Waals surface area contributed by atoms with Gasteiger partial charge in [-0.05, 0) is 37.5 Å². The molecule has 0 fully saturated rings. The fraction of sp³-hybridized carbons (Fsp3) is 0.0667. The van der Waals surface area contributed by atoms with Crippen LogP contribution in [0.1, 0.15) is 0 Å². The molecule has 7 rings (SSSR count). The third kappa shape index (κ3) is 2.28. The Bertz CT molecular complexity index is 1650. The highest BCUT2D eigenvalue weighted by Gasteiger charge is 2.39. The van der Waals surface area contributed by atoms with Crippen molar-refractivity contribution >= 4 is 73.9 Å². The van der Waals surface area contributed by atoms with Gasteiger partial charge in [-0.1, -0.05) is 138 Å². The van der Waals surface area contributed by atoms with Crippen LogP contribution in [0.5, 0.6) is 0 Å². The largest absolute Gasteiger partial charge is 0.241 e. The molecular formula is C30H23BSi. The zero-order valence-corrected chi connectivity index (χ0v) is 19.4. The van der Waals surface area contributed by atoms with E-state index in [-0.39, 0.29) is 6.71 Å². The molecule has 32 heavy (non-hydrogen) atoms. The molecular weight excluding hydrogens is 399 g/mol. The number of hydrogen-bond donors (Lipinski definition) is 0. The third-order valence-corrected chi connectivity index (χ3v) is 11.3. The van der Waals surface area contributed by atoms with Crippen molar-refractivity contribution in [2.45, 2.75) is 13.1 Å². The summed E-state index contributed by atoms with van der Waals surface area (Å²) in [7, 11) is -1.94. The summed E-state index contributed by atoms with van der Waals surface area (Å²) in [5.74, 6) is 0. The van der Waals surface area contributed by atoms with Gasteiger partial charge in [0, 0.05) is 0 Å². The van der Waals surface area contributed by atoms with Gasteiger partial charge in [-0.2, -0.15) is 0 Å². The minimum atomic E-state index is -1.94. The maximum absolute atomic E-state index is 2.54. The van der Waals surface area contributed by atoms with Gasteiger partial charge in [0.25, 0.3) is 0 Å². The van der Waals surface area contributed by atoms with Gasteiger partial charge in [0.2, 0.25) is 6.71 Å². The fourth-order valence-corrected chi connectivity index (χ4v) is 9.41. The van der Waals surface area contributed by atoms with E-state index in [1.165, 1.54) is 48.7 Å². The Labute approximate surface area is 189 Å². The highest BCUT2D eigenvalue weighted by molar-refractivity contribution is 7.10. The van der Waals surface area contributed by atoms with Gasteiger partial charge in [0.05, 0.1) is 0 Å². The number of benzene rings is 6. The molecule has 1 aliphatic heterocycles. The average Bonchev–Trinajstić information content (AvgIpc) is 2.91. The molecule has 0 saturated carbocycles. The van der Waals surface area contributed by atoms with Crippen molar-refractivity contribution in [2.75, 3.05) is 0 Å². The molecule has 6 aromatic rings. The molecule has 2 heteroatoms. The monoisotopic (exact) mass is 422 g/mol. The first-order valence-corrected chi connectivity index (χ1v) is 14.5. The van der Waals surface area contributed by atoms with Crippen LogP contribution in [0.3, 0.4) is 0 Å². The molecule has 0 bridgehead atoms. The Morgan fingerprint density at radius 2 is 1.19 bits per heavy atom. The van der Waals surface area contributed by atoms with Gasteiger partial charge in [0.1, 0.15) is 8.07 Å². The van der Waals surface area contributed by atoms with Crippen molar-refractivity contribution in [2.24, 2.45) is 0 Å². The van der Waals surface area contributed by atoms with Crippen LogP contribution in [0.15, 0.2) is 103 Å². The number of hydrogen-bond acceptors (Lipinski definition) is 0. The minimum Gasteiger partial charge on any atom is -0.0689 e. The van der Waals surface area contributed by atoms with Crippen LogP contribution in [-0.2, 0) is 0 Å². The van der Waals surface area contributed by atoms with E-state index in [1.54, 1.807) is 10.4 Å². The molecule has 1 heterocycles. The lowest BCUT2D eigenvalue weighted by Gasteiger charge is -2.27. The van der Waals surface area contributed by atoms with Gasteiger partial charge in [-0.25, -0.2) is 0 Å². The summed E-state index contributed by atoms with van der Waals surface area (Å²) in [5, 5.41) is 11.6. The second-order valence-electron chi connectivity index (χ2n) is 9.75. The molecule has 0 radical (unpaired) electrons. The van der Waals surface area contributed by atoms with Crippen LogP contribution in [0.4, 0.5) is 0 Å². The van der Waals surface area contributed by atoms with E-state index in [0.29, 0.717) is 0 Å². The van der Waals surface area contributed by atoms with E-state index < -0.39 is 8.07 Å². The third-order valence-electron chi connectivity index (χ3n) is 7.72. The van der Waals surface area contributed by atoms with Gasteiger partial charge < -0.3 is 0 Å². The lowest BCUT2D eigenvalue weighted by molar-refractivity contribution is 1.73.